The predicted molar refractivity (Wildman–Crippen MR) is 163 cm³/mol. The summed E-state index contributed by atoms with van der Waals surface area (Å²) in [4.78, 5) is 57.6. The molecule has 41 heavy (non-hydrogen) atoms. The second-order valence-corrected chi connectivity index (χ2v) is 14.1. The molecule has 0 aromatic carbocycles. The third-order valence-corrected chi connectivity index (χ3v) is 8.71. The summed E-state index contributed by atoms with van der Waals surface area (Å²) in [5.74, 6) is -4.10. The first-order chi connectivity index (χ1) is 18.7. The molecule has 5 atom stereocenters. The highest BCUT2D eigenvalue weighted by molar-refractivity contribution is 6.27. The summed E-state index contributed by atoms with van der Waals surface area (Å²) in [5.41, 5.74) is -2.72. The molecule has 6 heteroatoms. The molecule has 2 fully saturated rings. The molecule has 0 radical (unpaired) electrons. The van der Waals surface area contributed by atoms with E-state index in [0.29, 0.717) is 12.8 Å². The van der Waals surface area contributed by atoms with Crippen molar-refractivity contribution in [3.05, 3.63) is 47.1 Å². The zero-order valence-corrected chi connectivity index (χ0v) is 27.1. The fourth-order valence-electron chi connectivity index (χ4n) is 6.17. The molecule has 6 nitrogen and oxygen atoms in total. The van der Waals surface area contributed by atoms with E-state index in [0.717, 1.165) is 16.7 Å². The van der Waals surface area contributed by atoms with Gasteiger partial charge in [0.25, 0.3) is 0 Å². The van der Waals surface area contributed by atoms with E-state index < -0.39 is 51.4 Å². The lowest BCUT2D eigenvalue weighted by molar-refractivity contribution is -0.166. The number of allylic oxidation sites excluding steroid dienone is 6. The number of fused-ring (bicyclic) bond motifs is 2. The summed E-state index contributed by atoms with van der Waals surface area (Å²) in [6.07, 6.45) is 10.2. The van der Waals surface area contributed by atoms with Crippen LogP contribution in [0.5, 0.6) is 0 Å². The first-order valence-electron chi connectivity index (χ1n) is 14.9. The minimum Gasteiger partial charge on any atom is -0.442 e. The molecule has 1 aliphatic carbocycles. The molecular weight excluding hydrogens is 516 g/mol. The van der Waals surface area contributed by atoms with Crippen LogP contribution in [0.25, 0.3) is 0 Å². The normalized spacial score (nSPS) is 30.1. The predicted octanol–water partition coefficient (Wildman–Crippen LogP) is 7.06. The summed E-state index contributed by atoms with van der Waals surface area (Å²) < 4.78 is 5.99. The van der Waals surface area contributed by atoms with Gasteiger partial charge in [0, 0.05) is 12.3 Å². The molecule has 1 saturated heterocycles. The Hall–Kier alpha value is -2.60. The third kappa shape index (κ3) is 7.25. The Morgan fingerprint density at radius 3 is 1.98 bits per heavy atom. The maximum absolute atomic E-state index is 14.9. The molecule has 0 aromatic heterocycles. The van der Waals surface area contributed by atoms with Crippen molar-refractivity contribution in [2.24, 2.45) is 28.6 Å². The molecule has 2 rings (SSSR count). The van der Waals surface area contributed by atoms with Gasteiger partial charge in [0.15, 0.2) is 5.78 Å². The molecular formula is C35H52O6. The number of ketones is 3. The standard InChI is InChI=1S/C35H52O6/c1-22(2)13-14-26-21-34(19-15-23(3)4)30(38)35(41-31(34)39,20-16-24(5)6)29(37)27(28(36)25(7)8)33(26,11)18-12-17-32(9,10)40/h12-13,15-17,25-27,40H,14,18-21H2,1-11H3/b17-12+/t26-,27+,33+,34+,35-/m0/s1. The first kappa shape index (κ1) is 34.6. The number of aliphatic hydroxyl groups is 1. The minimum atomic E-state index is -2.05. The van der Waals surface area contributed by atoms with Crippen LogP contribution in [0.3, 0.4) is 0 Å². The van der Waals surface area contributed by atoms with Gasteiger partial charge >= 0.3 is 5.97 Å². The largest absolute Gasteiger partial charge is 0.442 e. The summed E-state index contributed by atoms with van der Waals surface area (Å²) in [5, 5.41) is 10.4. The molecule has 0 aromatic rings. The van der Waals surface area contributed by atoms with Gasteiger partial charge in [0.05, 0.1) is 11.5 Å². The summed E-state index contributed by atoms with van der Waals surface area (Å²) in [6, 6.07) is 0. The quantitative estimate of drug-likeness (QED) is 0.163. The molecule has 1 saturated carbocycles. The van der Waals surface area contributed by atoms with Gasteiger partial charge in [-0.3, -0.25) is 19.2 Å². The van der Waals surface area contributed by atoms with E-state index >= 15 is 0 Å². The Morgan fingerprint density at radius 2 is 1.49 bits per heavy atom. The monoisotopic (exact) mass is 568 g/mol. The number of ether oxygens (including phenoxy) is 1. The van der Waals surface area contributed by atoms with Gasteiger partial charge in [-0.1, -0.05) is 67.9 Å². The van der Waals surface area contributed by atoms with Crippen molar-refractivity contribution in [1.82, 2.24) is 0 Å². The van der Waals surface area contributed by atoms with Crippen molar-refractivity contribution in [1.29, 1.82) is 0 Å². The van der Waals surface area contributed by atoms with E-state index in [1.54, 1.807) is 39.8 Å². The van der Waals surface area contributed by atoms with Crippen LogP contribution in [-0.4, -0.2) is 39.6 Å². The Bertz CT molecular complexity index is 1160. The zero-order valence-electron chi connectivity index (χ0n) is 27.1. The van der Waals surface area contributed by atoms with E-state index in [1.807, 2.05) is 60.6 Å². The van der Waals surface area contributed by atoms with Crippen LogP contribution < -0.4 is 0 Å². The van der Waals surface area contributed by atoms with Gasteiger partial charge in [0.2, 0.25) is 11.4 Å². The van der Waals surface area contributed by atoms with Gasteiger partial charge in [-0.05, 0) is 92.4 Å². The van der Waals surface area contributed by atoms with Crippen molar-refractivity contribution in [3.63, 3.8) is 0 Å². The third-order valence-electron chi connectivity index (χ3n) is 8.71. The SMILES string of the molecule is CC(C)=CC[C@H]1C[C@@]2(CC=C(C)C)C(=O)O[C@@](CC=C(C)C)(C(=O)[C@@H](C(=O)C(C)C)[C@]1(C)C/C=C/C(C)(C)O)C2=O. The molecule has 1 heterocycles. The average Bonchev–Trinajstić information content (AvgIpc) is 3.05. The van der Waals surface area contributed by atoms with E-state index in [1.165, 1.54) is 0 Å². The van der Waals surface area contributed by atoms with Crippen LogP contribution >= 0.6 is 0 Å². The highest BCUT2D eigenvalue weighted by Crippen LogP contribution is 2.58. The highest BCUT2D eigenvalue weighted by Gasteiger charge is 2.72. The van der Waals surface area contributed by atoms with E-state index in [4.69, 9.17) is 4.74 Å². The van der Waals surface area contributed by atoms with Gasteiger partial charge in [-0.15, -0.1) is 0 Å². The lowest BCUT2D eigenvalue weighted by Gasteiger charge is -2.47. The summed E-state index contributed by atoms with van der Waals surface area (Å²) in [6.45, 7) is 20.3. The van der Waals surface area contributed by atoms with Crippen LogP contribution in [-0.2, 0) is 23.9 Å². The number of carbonyl (C=O) groups is 4. The smallest absolute Gasteiger partial charge is 0.321 e. The van der Waals surface area contributed by atoms with Crippen molar-refractivity contribution in [2.45, 2.75) is 119 Å². The number of hydrogen-bond acceptors (Lipinski definition) is 6. The maximum Gasteiger partial charge on any atom is 0.321 e. The summed E-state index contributed by atoms with van der Waals surface area (Å²) >= 11 is 0. The van der Waals surface area contributed by atoms with Gasteiger partial charge in [-0.2, -0.15) is 0 Å². The number of esters is 1. The lowest BCUT2D eigenvalue weighted by atomic mass is 9.52. The van der Waals surface area contributed by atoms with Crippen LogP contribution in [0.15, 0.2) is 47.1 Å². The first-order valence-corrected chi connectivity index (χ1v) is 14.9. The molecule has 228 valence electrons. The lowest BCUT2D eigenvalue weighted by Crippen LogP contribution is -2.59. The number of Topliss-reactive ketones (excluding diaryl/α,β-unsaturated/α-hetero) is 3. The Balaban J connectivity index is 3.02. The van der Waals surface area contributed by atoms with Crippen LogP contribution in [0, 0.1) is 28.6 Å². The van der Waals surface area contributed by atoms with Crippen molar-refractivity contribution in [3.8, 4) is 0 Å². The second-order valence-electron chi connectivity index (χ2n) is 14.1. The van der Waals surface area contributed by atoms with Gasteiger partial charge < -0.3 is 9.84 Å². The van der Waals surface area contributed by atoms with Crippen molar-refractivity contribution >= 4 is 23.3 Å². The fraction of sp³-hybridized carbons (Fsp3) is 0.657. The van der Waals surface area contributed by atoms with Gasteiger partial charge in [-0.25, -0.2) is 0 Å². The second kappa shape index (κ2) is 12.7. The molecule has 0 unspecified atom stereocenters. The Morgan fingerprint density at radius 1 is 0.951 bits per heavy atom. The molecule has 2 aliphatic rings. The topological polar surface area (TPSA) is 97.7 Å². The van der Waals surface area contributed by atoms with E-state index in [2.05, 4.69) is 6.08 Å². The zero-order chi connectivity index (χ0) is 31.6. The molecule has 1 N–H and O–H groups in total. The molecule has 1 aliphatic heterocycles. The maximum atomic E-state index is 14.9. The minimum absolute atomic E-state index is 0.0919. The van der Waals surface area contributed by atoms with E-state index in [9.17, 15) is 24.3 Å². The molecule has 0 spiro atoms. The Labute approximate surface area is 247 Å². The van der Waals surface area contributed by atoms with Crippen molar-refractivity contribution < 1.29 is 29.0 Å². The number of hydrogen-bond donors (Lipinski definition) is 1. The van der Waals surface area contributed by atoms with Crippen molar-refractivity contribution in [2.75, 3.05) is 0 Å². The highest BCUT2D eigenvalue weighted by atomic mass is 16.6. The summed E-state index contributed by atoms with van der Waals surface area (Å²) in [7, 11) is 0. The fourth-order valence-corrected chi connectivity index (χ4v) is 6.17. The van der Waals surface area contributed by atoms with Gasteiger partial charge in [0.1, 0.15) is 11.2 Å². The van der Waals surface area contributed by atoms with Crippen LogP contribution in [0.4, 0.5) is 0 Å². The van der Waals surface area contributed by atoms with E-state index in [-0.39, 0.29) is 31.0 Å². The van der Waals surface area contributed by atoms with Crippen LogP contribution in [0.2, 0.25) is 0 Å². The Kier molecular flexibility index (Phi) is 10.7. The number of rotatable bonds is 11. The molecule has 2 bridgehead atoms. The molecule has 0 amide bonds. The number of carbonyl (C=O) groups excluding carboxylic acids is 4. The average molecular weight is 569 g/mol. The van der Waals surface area contributed by atoms with Crippen LogP contribution in [0.1, 0.15) is 108 Å².